The molecule has 1 aliphatic heterocycles. The molecule has 0 bridgehead atoms. The van der Waals surface area contributed by atoms with Gasteiger partial charge in [0.2, 0.25) is 0 Å². The fourth-order valence-corrected chi connectivity index (χ4v) is 3.46. The van der Waals surface area contributed by atoms with Gasteiger partial charge in [0.1, 0.15) is 0 Å². The van der Waals surface area contributed by atoms with Gasteiger partial charge >= 0.3 is 6.09 Å². The van der Waals surface area contributed by atoms with Crippen LogP contribution in [0.4, 0.5) is 4.79 Å². The summed E-state index contributed by atoms with van der Waals surface area (Å²) in [6.45, 7) is 7.32. The molecule has 1 saturated heterocycles. The van der Waals surface area contributed by atoms with Crippen molar-refractivity contribution in [2.24, 2.45) is 0 Å². The van der Waals surface area contributed by atoms with Crippen molar-refractivity contribution in [2.45, 2.75) is 71.1 Å². The minimum absolute atomic E-state index is 0.171. The second-order valence-electron chi connectivity index (χ2n) is 7.43. The first kappa shape index (κ1) is 20.3. The van der Waals surface area contributed by atoms with E-state index in [2.05, 4.69) is 14.0 Å². The van der Waals surface area contributed by atoms with E-state index in [0.717, 1.165) is 30.7 Å². The first-order valence-electron chi connectivity index (χ1n) is 9.78. The van der Waals surface area contributed by atoms with Gasteiger partial charge in [-0.25, -0.2) is 4.79 Å². The molecule has 4 heteroatoms. The molecular weight excluding hydrogens is 288 g/mol. The number of methoxy groups -OCH3 is 1. The molecule has 4 nitrogen and oxygen atoms in total. The minimum atomic E-state index is -0.171. The van der Waals surface area contributed by atoms with Crippen LogP contribution in [0.25, 0.3) is 0 Å². The summed E-state index contributed by atoms with van der Waals surface area (Å²) in [5.74, 6) is 0. The van der Waals surface area contributed by atoms with Gasteiger partial charge in [-0.05, 0) is 12.8 Å². The molecule has 136 valence electrons. The van der Waals surface area contributed by atoms with Crippen molar-refractivity contribution >= 4 is 6.09 Å². The van der Waals surface area contributed by atoms with E-state index in [1.54, 1.807) is 0 Å². The van der Waals surface area contributed by atoms with Crippen LogP contribution in [0.3, 0.4) is 0 Å². The maximum absolute atomic E-state index is 11.5. The Labute approximate surface area is 143 Å². The minimum Gasteiger partial charge on any atom is -0.453 e. The van der Waals surface area contributed by atoms with Crippen LogP contribution < -0.4 is 0 Å². The number of amides is 1. The number of likely N-dealkylation sites (N-methyl/N-ethyl adjacent to an activating group) is 1. The Morgan fingerprint density at radius 3 is 1.87 bits per heavy atom. The van der Waals surface area contributed by atoms with Crippen LogP contribution in [0.1, 0.15) is 71.1 Å². The molecule has 0 aromatic heterocycles. The van der Waals surface area contributed by atoms with Crippen LogP contribution in [0.15, 0.2) is 0 Å². The van der Waals surface area contributed by atoms with E-state index < -0.39 is 0 Å². The summed E-state index contributed by atoms with van der Waals surface area (Å²) in [6, 6.07) is 0. The molecule has 0 N–H and O–H groups in total. The number of hydrogen-bond acceptors (Lipinski definition) is 2. The van der Waals surface area contributed by atoms with Crippen molar-refractivity contribution < 1.29 is 14.0 Å². The highest BCUT2D eigenvalue weighted by Gasteiger charge is 2.30. The molecule has 0 aromatic carbocycles. The maximum Gasteiger partial charge on any atom is 0.409 e. The molecule has 0 unspecified atom stereocenters. The van der Waals surface area contributed by atoms with Gasteiger partial charge in [0, 0.05) is 0 Å². The van der Waals surface area contributed by atoms with Crippen LogP contribution >= 0.6 is 0 Å². The maximum atomic E-state index is 11.5. The molecule has 0 atom stereocenters. The largest absolute Gasteiger partial charge is 0.453 e. The Bertz CT molecular complexity index is 312. The predicted octanol–water partition coefficient (Wildman–Crippen LogP) is 4.44. The number of hydrogen-bond donors (Lipinski definition) is 0. The van der Waals surface area contributed by atoms with E-state index in [1.807, 2.05) is 4.90 Å². The Hall–Kier alpha value is -0.770. The topological polar surface area (TPSA) is 29.5 Å². The number of rotatable bonds is 11. The van der Waals surface area contributed by atoms with Crippen LogP contribution in [0, 0.1) is 0 Å². The molecule has 0 aliphatic carbocycles. The summed E-state index contributed by atoms with van der Waals surface area (Å²) < 4.78 is 5.92. The van der Waals surface area contributed by atoms with E-state index in [-0.39, 0.29) is 6.09 Å². The SMILES string of the molecule is CCCCCCCCCCCC[N+]1(C)CCN(C(=O)OC)CC1. The lowest BCUT2D eigenvalue weighted by molar-refractivity contribution is -0.913. The molecule has 0 radical (unpaired) electrons. The molecule has 1 heterocycles. The molecule has 0 aromatic rings. The number of unbranched alkanes of at least 4 members (excludes halogenated alkanes) is 9. The Balaban J connectivity index is 1.98. The van der Waals surface area contributed by atoms with Gasteiger partial charge in [0.25, 0.3) is 0 Å². The third kappa shape index (κ3) is 8.59. The Morgan fingerprint density at radius 1 is 0.913 bits per heavy atom. The molecule has 0 saturated carbocycles. The highest BCUT2D eigenvalue weighted by molar-refractivity contribution is 5.67. The molecule has 1 aliphatic rings. The number of quaternary nitrogens is 1. The van der Waals surface area contributed by atoms with Gasteiger partial charge < -0.3 is 9.22 Å². The van der Waals surface area contributed by atoms with Crippen LogP contribution in [0.2, 0.25) is 0 Å². The van der Waals surface area contributed by atoms with Crippen LogP contribution in [-0.4, -0.2) is 62.4 Å². The van der Waals surface area contributed by atoms with Gasteiger partial charge in [-0.2, -0.15) is 0 Å². The standard InChI is InChI=1S/C19H39N2O2/c1-4-5-6-7-8-9-10-11-12-13-16-21(2)17-14-20(15-18-21)19(22)23-3/h4-18H2,1-3H3/q+1. The zero-order valence-electron chi connectivity index (χ0n) is 15.8. The summed E-state index contributed by atoms with van der Waals surface area (Å²) >= 11 is 0. The second-order valence-corrected chi connectivity index (χ2v) is 7.43. The van der Waals surface area contributed by atoms with Crippen molar-refractivity contribution in [3.63, 3.8) is 0 Å². The van der Waals surface area contributed by atoms with E-state index in [1.165, 1.54) is 77.9 Å². The normalized spacial score (nSPS) is 17.3. The summed E-state index contributed by atoms with van der Waals surface area (Å²) in [4.78, 5) is 13.4. The van der Waals surface area contributed by atoms with Gasteiger partial charge in [-0.15, -0.1) is 0 Å². The van der Waals surface area contributed by atoms with E-state index in [4.69, 9.17) is 4.74 Å². The molecule has 1 amide bonds. The Morgan fingerprint density at radius 2 is 1.39 bits per heavy atom. The first-order chi connectivity index (χ1) is 11.1. The van der Waals surface area contributed by atoms with Crippen LogP contribution in [0.5, 0.6) is 0 Å². The third-order valence-electron chi connectivity index (χ3n) is 5.30. The number of carbonyl (C=O) groups excluding carboxylic acids is 1. The second kappa shape index (κ2) is 11.7. The van der Waals surface area contributed by atoms with Crippen molar-refractivity contribution in [3.8, 4) is 0 Å². The monoisotopic (exact) mass is 327 g/mol. The molecule has 1 rings (SSSR count). The lowest BCUT2D eigenvalue weighted by Gasteiger charge is -2.41. The quantitative estimate of drug-likeness (QED) is 0.415. The summed E-state index contributed by atoms with van der Waals surface area (Å²) in [5, 5.41) is 0. The van der Waals surface area contributed by atoms with Gasteiger partial charge in [0.15, 0.2) is 0 Å². The Kier molecular flexibility index (Phi) is 10.3. The number of piperazine rings is 1. The average Bonchev–Trinajstić information content (AvgIpc) is 2.56. The smallest absolute Gasteiger partial charge is 0.409 e. The lowest BCUT2D eigenvalue weighted by Crippen LogP contribution is -2.58. The first-order valence-corrected chi connectivity index (χ1v) is 9.78. The van der Waals surface area contributed by atoms with Gasteiger partial charge in [-0.3, -0.25) is 4.90 Å². The summed E-state index contributed by atoms with van der Waals surface area (Å²) in [5.41, 5.74) is 0. The van der Waals surface area contributed by atoms with Crippen molar-refractivity contribution in [2.75, 3.05) is 46.9 Å². The molecule has 1 fully saturated rings. The third-order valence-corrected chi connectivity index (χ3v) is 5.30. The molecular formula is C19H39N2O2+. The molecule has 23 heavy (non-hydrogen) atoms. The van der Waals surface area contributed by atoms with E-state index in [0.29, 0.717) is 0 Å². The zero-order chi connectivity index (χ0) is 17.0. The summed E-state index contributed by atoms with van der Waals surface area (Å²) in [6.07, 6.45) is 13.8. The molecule has 0 spiro atoms. The number of carbonyl (C=O) groups is 1. The highest BCUT2D eigenvalue weighted by atomic mass is 16.5. The van der Waals surface area contributed by atoms with Crippen molar-refractivity contribution in [1.82, 2.24) is 4.90 Å². The van der Waals surface area contributed by atoms with Crippen LogP contribution in [-0.2, 0) is 4.74 Å². The number of ether oxygens (including phenoxy) is 1. The van der Waals surface area contributed by atoms with Crippen molar-refractivity contribution in [1.29, 1.82) is 0 Å². The highest BCUT2D eigenvalue weighted by Crippen LogP contribution is 2.15. The lowest BCUT2D eigenvalue weighted by atomic mass is 10.1. The zero-order valence-corrected chi connectivity index (χ0v) is 15.8. The fourth-order valence-electron chi connectivity index (χ4n) is 3.46. The van der Waals surface area contributed by atoms with E-state index >= 15 is 0 Å². The van der Waals surface area contributed by atoms with Crippen molar-refractivity contribution in [3.05, 3.63) is 0 Å². The summed E-state index contributed by atoms with van der Waals surface area (Å²) in [7, 11) is 3.80. The van der Waals surface area contributed by atoms with Gasteiger partial charge in [-0.1, -0.05) is 58.3 Å². The van der Waals surface area contributed by atoms with E-state index in [9.17, 15) is 4.79 Å². The van der Waals surface area contributed by atoms with Gasteiger partial charge in [0.05, 0.1) is 46.9 Å². The number of nitrogens with zero attached hydrogens (tertiary/aromatic N) is 2. The fraction of sp³-hybridized carbons (Fsp3) is 0.947. The predicted molar refractivity (Wildman–Crippen MR) is 96.6 cm³/mol. The average molecular weight is 328 g/mol.